The monoisotopic (exact) mass is 360 g/mol. The first-order valence-corrected chi connectivity index (χ1v) is 9.83. The number of guanidine groups is 1. The molecule has 136 valence electrons. The fourth-order valence-corrected chi connectivity index (χ4v) is 4.26. The standard InChI is InChI=1S/C19H28N4OS/c1-14-11-16(15(2)24-14)12-21-19(20-3)22-13-17(18-7-6-10-25-18)23-8-4-5-9-23/h6-7,10-11,17H,4-5,8-9,12-13H2,1-3H3,(H2,20,21,22). The van der Waals surface area contributed by atoms with Crippen molar-refractivity contribution >= 4 is 17.3 Å². The second-order valence-electron chi connectivity index (χ2n) is 6.52. The van der Waals surface area contributed by atoms with Gasteiger partial charge in [-0.05, 0) is 57.3 Å². The lowest BCUT2D eigenvalue weighted by molar-refractivity contribution is 0.249. The summed E-state index contributed by atoms with van der Waals surface area (Å²) in [6.07, 6.45) is 2.60. The summed E-state index contributed by atoms with van der Waals surface area (Å²) in [5, 5.41) is 9.06. The molecule has 2 N–H and O–H groups in total. The number of aliphatic imine (C=N–C) groups is 1. The molecule has 3 rings (SSSR count). The second kappa shape index (κ2) is 8.54. The highest BCUT2D eigenvalue weighted by atomic mass is 32.1. The summed E-state index contributed by atoms with van der Waals surface area (Å²) in [5.74, 6) is 2.75. The van der Waals surface area contributed by atoms with Gasteiger partial charge in [-0.3, -0.25) is 9.89 Å². The van der Waals surface area contributed by atoms with Gasteiger partial charge in [-0.15, -0.1) is 11.3 Å². The van der Waals surface area contributed by atoms with Gasteiger partial charge in [0, 0.05) is 30.6 Å². The van der Waals surface area contributed by atoms with Crippen LogP contribution in [0.4, 0.5) is 0 Å². The maximum absolute atomic E-state index is 5.59. The molecule has 1 saturated heterocycles. The maximum Gasteiger partial charge on any atom is 0.191 e. The Morgan fingerprint density at radius 2 is 2.12 bits per heavy atom. The van der Waals surface area contributed by atoms with Crippen LogP contribution in [0.5, 0.6) is 0 Å². The SMILES string of the molecule is CN=C(NCc1cc(C)oc1C)NCC(c1cccs1)N1CCCC1. The molecule has 0 spiro atoms. The van der Waals surface area contributed by atoms with Crippen molar-refractivity contribution in [2.24, 2.45) is 4.99 Å². The molecule has 1 aliphatic heterocycles. The number of hydrogen-bond acceptors (Lipinski definition) is 4. The van der Waals surface area contributed by atoms with Crippen LogP contribution in [-0.4, -0.2) is 37.5 Å². The fourth-order valence-electron chi connectivity index (χ4n) is 3.40. The molecule has 1 aliphatic rings. The van der Waals surface area contributed by atoms with Crippen LogP contribution in [-0.2, 0) is 6.54 Å². The summed E-state index contributed by atoms with van der Waals surface area (Å²) in [5.41, 5.74) is 1.18. The lowest BCUT2D eigenvalue weighted by atomic mass is 10.2. The van der Waals surface area contributed by atoms with Gasteiger partial charge in [-0.1, -0.05) is 6.07 Å². The van der Waals surface area contributed by atoms with Crippen LogP contribution in [0.1, 0.15) is 40.8 Å². The highest BCUT2D eigenvalue weighted by Crippen LogP contribution is 2.27. The molecular weight excluding hydrogens is 332 g/mol. The highest BCUT2D eigenvalue weighted by molar-refractivity contribution is 7.10. The van der Waals surface area contributed by atoms with Gasteiger partial charge in [0.2, 0.25) is 0 Å². The smallest absolute Gasteiger partial charge is 0.191 e. The highest BCUT2D eigenvalue weighted by Gasteiger charge is 2.24. The minimum Gasteiger partial charge on any atom is -0.466 e. The molecule has 2 aromatic rings. The van der Waals surface area contributed by atoms with Gasteiger partial charge < -0.3 is 15.1 Å². The Morgan fingerprint density at radius 1 is 1.32 bits per heavy atom. The van der Waals surface area contributed by atoms with E-state index in [1.54, 1.807) is 0 Å². The quantitative estimate of drug-likeness (QED) is 0.612. The molecule has 5 nitrogen and oxygen atoms in total. The first-order chi connectivity index (χ1) is 12.2. The van der Waals surface area contributed by atoms with E-state index >= 15 is 0 Å². The molecule has 0 aromatic carbocycles. The molecule has 0 saturated carbocycles. The van der Waals surface area contributed by atoms with Crippen molar-refractivity contribution < 1.29 is 4.42 Å². The minimum atomic E-state index is 0.416. The van der Waals surface area contributed by atoms with E-state index in [9.17, 15) is 0 Å². The molecule has 1 unspecified atom stereocenters. The van der Waals surface area contributed by atoms with E-state index in [4.69, 9.17) is 4.42 Å². The summed E-state index contributed by atoms with van der Waals surface area (Å²) >= 11 is 1.84. The Bertz CT molecular complexity index is 686. The van der Waals surface area contributed by atoms with E-state index in [-0.39, 0.29) is 0 Å². The Morgan fingerprint density at radius 3 is 2.72 bits per heavy atom. The molecule has 0 amide bonds. The zero-order valence-corrected chi connectivity index (χ0v) is 16.2. The van der Waals surface area contributed by atoms with Crippen molar-refractivity contribution in [2.75, 3.05) is 26.7 Å². The van der Waals surface area contributed by atoms with E-state index in [1.165, 1.54) is 36.4 Å². The topological polar surface area (TPSA) is 52.8 Å². The first-order valence-electron chi connectivity index (χ1n) is 8.95. The Hall–Kier alpha value is -1.79. The van der Waals surface area contributed by atoms with Crippen molar-refractivity contribution in [3.8, 4) is 0 Å². The average Bonchev–Trinajstić information content (AvgIpc) is 3.34. The number of aryl methyl sites for hydroxylation is 2. The van der Waals surface area contributed by atoms with Crippen LogP contribution in [0.15, 0.2) is 33.0 Å². The summed E-state index contributed by atoms with van der Waals surface area (Å²) < 4.78 is 5.59. The molecule has 0 bridgehead atoms. The largest absolute Gasteiger partial charge is 0.466 e. The number of likely N-dealkylation sites (tertiary alicyclic amines) is 1. The molecule has 1 fully saturated rings. The average molecular weight is 361 g/mol. The van der Waals surface area contributed by atoms with Gasteiger partial charge in [0.1, 0.15) is 11.5 Å². The van der Waals surface area contributed by atoms with E-state index in [2.05, 4.69) is 44.1 Å². The molecular formula is C19H28N4OS. The Balaban J connectivity index is 1.57. The number of nitrogens with zero attached hydrogens (tertiary/aromatic N) is 2. The van der Waals surface area contributed by atoms with E-state index in [0.29, 0.717) is 6.04 Å². The Kier molecular flexibility index (Phi) is 6.15. The van der Waals surface area contributed by atoms with Gasteiger partial charge in [0.05, 0.1) is 6.04 Å². The molecule has 2 aromatic heterocycles. The van der Waals surface area contributed by atoms with Crippen molar-refractivity contribution in [3.05, 3.63) is 45.5 Å². The fraction of sp³-hybridized carbons (Fsp3) is 0.526. The van der Waals surface area contributed by atoms with Crippen molar-refractivity contribution in [3.63, 3.8) is 0 Å². The second-order valence-corrected chi connectivity index (χ2v) is 7.50. The van der Waals surface area contributed by atoms with E-state index < -0.39 is 0 Å². The van der Waals surface area contributed by atoms with Crippen LogP contribution >= 0.6 is 11.3 Å². The Labute approximate surface area is 154 Å². The minimum absolute atomic E-state index is 0.416. The van der Waals surface area contributed by atoms with Crippen molar-refractivity contribution in [2.45, 2.75) is 39.3 Å². The zero-order valence-electron chi connectivity index (χ0n) is 15.3. The van der Waals surface area contributed by atoms with Crippen LogP contribution in [0, 0.1) is 13.8 Å². The molecule has 1 atom stereocenters. The van der Waals surface area contributed by atoms with E-state index in [1.807, 2.05) is 32.2 Å². The van der Waals surface area contributed by atoms with Crippen LogP contribution < -0.4 is 10.6 Å². The lowest BCUT2D eigenvalue weighted by Crippen LogP contribution is -2.42. The molecule has 0 aliphatic carbocycles. The predicted octanol–water partition coefficient (Wildman–Crippen LogP) is 3.46. The number of thiophene rings is 1. The van der Waals surface area contributed by atoms with Gasteiger partial charge in [0.25, 0.3) is 0 Å². The predicted molar refractivity (Wildman–Crippen MR) is 104 cm³/mol. The van der Waals surface area contributed by atoms with Crippen LogP contribution in [0.3, 0.4) is 0 Å². The maximum atomic E-state index is 5.59. The summed E-state index contributed by atoms with van der Waals surface area (Å²) in [7, 11) is 1.82. The number of nitrogens with one attached hydrogen (secondary N) is 2. The van der Waals surface area contributed by atoms with Crippen LogP contribution in [0.25, 0.3) is 0 Å². The van der Waals surface area contributed by atoms with Gasteiger partial charge in [0.15, 0.2) is 5.96 Å². The zero-order chi connectivity index (χ0) is 17.6. The number of hydrogen-bond donors (Lipinski definition) is 2. The summed E-state index contributed by atoms with van der Waals surface area (Å²) in [4.78, 5) is 8.37. The van der Waals surface area contributed by atoms with Crippen molar-refractivity contribution in [1.82, 2.24) is 15.5 Å². The molecule has 0 radical (unpaired) electrons. The van der Waals surface area contributed by atoms with Crippen molar-refractivity contribution in [1.29, 1.82) is 0 Å². The molecule has 3 heterocycles. The van der Waals surface area contributed by atoms with E-state index in [0.717, 1.165) is 30.6 Å². The van der Waals surface area contributed by atoms with Gasteiger partial charge in [-0.25, -0.2) is 0 Å². The number of rotatable bonds is 6. The number of furan rings is 1. The third-order valence-electron chi connectivity index (χ3n) is 4.73. The summed E-state index contributed by atoms with van der Waals surface area (Å²) in [6, 6.07) is 6.87. The lowest BCUT2D eigenvalue weighted by Gasteiger charge is -2.27. The summed E-state index contributed by atoms with van der Waals surface area (Å²) in [6.45, 7) is 7.93. The molecule has 6 heteroatoms. The first kappa shape index (κ1) is 18.0. The van der Waals surface area contributed by atoms with Gasteiger partial charge in [-0.2, -0.15) is 0 Å². The normalized spacial score (nSPS) is 17.0. The third-order valence-corrected chi connectivity index (χ3v) is 5.70. The van der Waals surface area contributed by atoms with Gasteiger partial charge >= 0.3 is 0 Å². The van der Waals surface area contributed by atoms with Crippen LogP contribution in [0.2, 0.25) is 0 Å². The molecule has 25 heavy (non-hydrogen) atoms. The third kappa shape index (κ3) is 4.64.